The minimum Gasteiger partial charge on any atom is -0.484 e. The van der Waals surface area contributed by atoms with Crippen molar-refractivity contribution in [1.82, 2.24) is 9.80 Å². The second-order valence-electron chi connectivity index (χ2n) is 6.97. The highest BCUT2D eigenvalue weighted by Crippen LogP contribution is 2.15. The lowest BCUT2D eigenvalue weighted by Gasteiger charge is -2.34. The number of carbonyl (C=O) groups is 2. The van der Waals surface area contributed by atoms with E-state index in [4.69, 9.17) is 16.3 Å². The number of rotatable bonds is 7. The third kappa shape index (κ3) is 6.48. The molecule has 2 aromatic carbocycles. The van der Waals surface area contributed by atoms with Crippen LogP contribution in [0.25, 0.3) is 0 Å². The van der Waals surface area contributed by atoms with Crippen molar-refractivity contribution in [3.63, 3.8) is 0 Å². The zero-order valence-corrected chi connectivity index (χ0v) is 17.2. The second kappa shape index (κ2) is 10.3. The summed E-state index contributed by atoms with van der Waals surface area (Å²) in [6.45, 7) is 3.84. The molecule has 29 heavy (non-hydrogen) atoms. The van der Waals surface area contributed by atoms with Crippen molar-refractivity contribution < 1.29 is 19.1 Å². The van der Waals surface area contributed by atoms with Crippen LogP contribution in [0.3, 0.4) is 0 Å². The molecular weight excluding hydrogens is 392 g/mol. The third-order valence-corrected chi connectivity index (χ3v) is 5.13. The summed E-state index contributed by atoms with van der Waals surface area (Å²) < 4.78 is 10.3. The Kier molecular flexibility index (Phi) is 7.49. The molecule has 0 saturated carbocycles. The molecule has 1 aliphatic heterocycles. The van der Waals surface area contributed by atoms with Gasteiger partial charge in [-0.3, -0.25) is 14.5 Å². The monoisotopic (exact) mass is 416 g/mol. The first-order valence-corrected chi connectivity index (χ1v) is 9.94. The van der Waals surface area contributed by atoms with Gasteiger partial charge in [0, 0.05) is 37.7 Å². The van der Waals surface area contributed by atoms with Crippen LogP contribution in [0.15, 0.2) is 48.5 Å². The van der Waals surface area contributed by atoms with Crippen LogP contribution in [0.2, 0.25) is 5.02 Å². The molecule has 1 heterocycles. The first kappa shape index (κ1) is 21.1. The number of benzene rings is 2. The van der Waals surface area contributed by atoms with Crippen molar-refractivity contribution in [2.75, 3.05) is 39.9 Å². The van der Waals surface area contributed by atoms with Crippen LogP contribution >= 0.6 is 11.6 Å². The highest BCUT2D eigenvalue weighted by Gasteiger charge is 2.21. The molecule has 0 radical (unpaired) electrons. The zero-order chi connectivity index (χ0) is 20.6. The van der Waals surface area contributed by atoms with Gasteiger partial charge in [0.2, 0.25) is 0 Å². The molecule has 1 amide bonds. The predicted molar refractivity (Wildman–Crippen MR) is 111 cm³/mol. The smallest absolute Gasteiger partial charge is 0.309 e. The van der Waals surface area contributed by atoms with Gasteiger partial charge in [-0.2, -0.15) is 0 Å². The average Bonchev–Trinajstić information content (AvgIpc) is 2.74. The summed E-state index contributed by atoms with van der Waals surface area (Å²) in [7, 11) is 1.36. The van der Waals surface area contributed by atoms with E-state index in [1.54, 1.807) is 18.2 Å². The topological polar surface area (TPSA) is 59.1 Å². The van der Waals surface area contributed by atoms with Gasteiger partial charge in [-0.15, -0.1) is 0 Å². The number of methoxy groups -OCH3 is 1. The zero-order valence-electron chi connectivity index (χ0n) is 16.5. The highest BCUT2D eigenvalue weighted by molar-refractivity contribution is 6.30. The van der Waals surface area contributed by atoms with Crippen LogP contribution in [0, 0.1) is 0 Å². The van der Waals surface area contributed by atoms with Crippen LogP contribution in [0.1, 0.15) is 11.1 Å². The van der Waals surface area contributed by atoms with Crippen LogP contribution < -0.4 is 4.74 Å². The molecule has 6 nitrogen and oxygen atoms in total. The Morgan fingerprint density at radius 2 is 1.72 bits per heavy atom. The Balaban J connectivity index is 1.43. The number of hydrogen-bond donors (Lipinski definition) is 0. The quantitative estimate of drug-likeness (QED) is 0.649. The molecule has 154 valence electrons. The number of carbonyl (C=O) groups excluding carboxylic acids is 2. The average molecular weight is 417 g/mol. The minimum absolute atomic E-state index is 0.0150. The Hall–Kier alpha value is -2.57. The Morgan fingerprint density at radius 1 is 1.00 bits per heavy atom. The van der Waals surface area contributed by atoms with Gasteiger partial charge in [0.1, 0.15) is 5.75 Å². The van der Waals surface area contributed by atoms with E-state index in [1.165, 1.54) is 12.7 Å². The molecule has 0 aromatic heterocycles. The van der Waals surface area contributed by atoms with Crippen molar-refractivity contribution in [2.24, 2.45) is 0 Å². The molecule has 0 atom stereocenters. The number of halogens is 1. The summed E-state index contributed by atoms with van der Waals surface area (Å²) in [5, 5.41) is 0.736. The van der Waals surface area contributed by atoms with E-state index < -0.39 is 0 Å². The maximum Gasteiger partial charge on any atom is 0.309 e. The van der Waals surface area contributed by atoms with Crippen molar-refractivity contribution in [3.05, 3.63) is 64.7 Å². The van der Waals surface area contributed by atoms with Gasteiger partial charge in [-0.1, -0.05) is 35.9 Å². The van der Waals surface area contributed by atoms with Gasteiger partial charge in [-0.25, -0.2) is 0 Å². The summed E-state index contributed by atoms with van der Waals surface area (Å²) in [6.07, 6.45) is 0.178. The summed E-state index contributed by atoms with van der Waals surface area (Å²) in [5.74, 6) is 0.227. The Bertz CT molecular complexity index is 833. The van der Waals surface area contributed by atoms with E-state index in [-0.39, 0.29) is 24.9 Å². The Morgan fingerprint density at radius 3 is 2.41 bits per heavy atom. The van der Waals surface area contributed by atoms with Crippen LogP contribution in [0.4, 0.5) is 0 Å². The number of hydrogen-bond acceptors (Lipinski definition) is 5. The summed E-state index contributed by atoms with van der Waals surface area (Å²) >= 11 is 5.93. The molecule has 0 aliphatic carbocycles. The molecule has 0 N–H and O–H groups in total. The SMILES string of the molecule is COC(=O)Cc1cccc(OCC(=O)N2CCN(Cc3ccc(Cl)cc3)CC2)c1. The van der Waals surface area contributed by atoms with E-state index in [9.17, 15) is 9.59 Å². The lowest BCUT2D eigenvalue weighted by molar-refractivity contribution is -0.139. The number of amides is 1. The fourth-order valence-electron chi connectivity index (χ4n) is 3.22. The normalized spacial score (nSPS) is 14.5. The maximum absolute atomic E-state index is 12.5. The van der Waals surface area contributed by atoms with Crippen molar-refractivity contribution >= 4 is 23.5 Å². The van der Waals surface area contributed by atoms with E-state index in [1.807, 2.05) is 35.2 Å². The van der Waals surface area contributed by atoms with Gasteiger partial charge in [0.15, 0.2) is 6.61 Å². The molecule has 3 rings (SSSR count). The van der Waals surface area contributed by atoms with Gasteiger partial charge < -0.3 is 14.4 Å². The van der Waals surface area contributed by atoms with Gasteiger partial charge >= 0.3 is 5.97 Å². The van der Waals surface area contributed by atoms with Gasteiger partial charge in [-0.05, 0) is 35.4 Å². The molecule has 1 saturated heterocycles. The fraction of sp³-hybridized carbons (Fsp3) is 0.364. The number of nitrogens with zero attached hydrogens (tertiary/aromatic N) is 2. The van der Waals surface area contributed by atoms with Gasteiger partial charge in [0.05, 0.1) is 13.5 Å². The lowest BCUT2D eigenvalue weighted by atomic mass is 10.1. The molecular formula is C22H25ClN2O4. The molecule has 0 unspecified atom stereocenters. The number of ether oxygens (including phenoxy) is 2. The molecule has 2 aromatic rings. The molecule has 1 aliphatic rings. The van der Waals surface area contributed by atoms with E-state index in [0.717, 1.165) is 30.2 Å². The summed E-state index contributed by atoms with van der Waals surface area (Å²) in [6, 6.07) is 15.0. The van der Waals surface area contributed by atoms with E-state index >= 15 is 0 Å². The highest BCUT2D eigenvalue weighted by atomic mass is 35.5. The predicted octanol–water partition coefficient (Wildman–Crippen LogP) is 2.78. The summed E-state index contributed by atoms with van der Waals surface area (Å²) in [4.78, 5) is 28.0. The molecule has 0 bridgehead atoms. The largest absolute Gasteiger partial charge is 0.484 e. The second-order valence-corrected chi connectivity index (χ2v) is 7.41. The van der Waals surface area contributed by atoms with Gasteiger partial charge in [0.25, 0.3) is 5.91 Å². The fourth-order valence-corrected chi connectivity index (χ4v) is 3.35. The van der Waals surface area contributed by atoms with Crippen molar-refractivity contribution in [1.29, 1.82) is 0 Å². The maximum atomic E-state index is 12.5. The van der Waals surface area contributed by atoms with E-state index in [0.29, 0.717) is 18.8 Å². The lowest BCUT2D eigenvalue weighted by Crippen LogP contribution is -2.49. The first-order valence-electron chi connectivity index (χ1n) is 9.56. The van der Waals surface area contributed by atoms with Crippen molar-refractivity contribution in [2.45, 2.75) is 13.0 Å². The molecule has 0 spiro atoms. The molecule has 1 fully saturated rings. The Labute approximate surface area is 176 Å². The number of piperazine rings is 1. The first-order chi connectivity index (χ1) is 14.0. The van der Waals surface area contributed by atoms with Crippen LogP contribution in [0.5, 0.6) is 5.75 Å². The third-order valence-electron chi connectivity index (χ3n) is 4.88. The van der Waals surface area contributed by atoms with E-state index in [2.05, 4.69) is 9.64 Å². The standard InChI is InChI=1S/C22H25ClN2O4/c1-28-22(27)14-18-3-2-4-20(13-18)29-16-21(26)25-11-9-24(10-12-25)15-17-5-7-19(23)8-6-17/h2-8,13H,9-12,14-16H2,1H3. The summed E-state index contributed by atoms with van der Waals surface area (Å²) in [5.41, 5.74) is 2.00. The van der Waals surface area contributed by atoms with Crippen molar-refractivity contribution in [3.8, 4) is 5.75 Å². The van der Waals surface area contributed by atoms with Crippen LogP contribution in [-0.4, -0.2) is 61.6 Å². The number of esters is 1. The van der Waals surface area contributed by atoms with Crippen LogP contribution in [-0.2, 0) is 27.3 Å². The minimum atomic E-state index is -0.310. The molecule has 7 heteroatoms.